The topological polar surface area (TPSA) is 47.3 Å². The Morgan fingerprint density at radius 2 is 2.11 bits per heavy atom. The molecule has 1 aromatic heterocycles. The number of aryl methyl sites for hydroxylation is 1. The minimum absolute atomic E-state index is 0.169. The number of aliphatic hydroxyl groups excluding tert-OH is 1. The normalized spacial score (nSPS) is 12.4. The molecule has 4 nitrogen and oxygen atoms in total. The molecule has 5 heteroatoms. The Morgan fingerprint density at radius 1 is 1.37 bits per heavy atom. The second-order valence-electron chi connectivity index (χ2n) is 4.26. The van der Waals surface area contributed by atoms with Crippen molar-refractivity contribution in [3.8, 4) is 5.75 Å². The highest BCUT2D eigenvalue weighted by Gasteiger charge is 2.14. The van der Waals surface area contributed by atoms with E-state index in [0.29, 0.717) is 16.6 Å². The van der Waals surface area contributed by atoms with Gasteiger partial charge in [0.1, 0.15) is 24.3 Å². The fourth-order valence-electron chi connectivity index (χ4n) is 1.83. The number of imidazole rings is 1. The quantitative estimate of drug-likeness (QED) is 0.885. The summed E-state index contributed by atoms with van der Waals surface area (Å²) >= 11 is 5.79. The summed E-state index contributed by atoms with van der Waals surface area (Å²) in [7, 11) is 0. The zero-order valence-electron chi connectivity index (χ0n) is 10.8. The highest BCUT2D eigenvalue weighted by atomic mass is 35.5. The van der Waals surface area contributed by atoms with Gasteiger partial charge in [0, 0.05) is 24.0 Å². The van der Waals surface area contributed by atoms with Crippen LogP contribution < -0.4 is 4.74 Å². The molecular weight excluding hydrogens is 264 g/mol. The predicted molar refractivity (Wildman–Crippen MR) is 74.4 cm³/mol. The van der Waals surface area contributed by atoms with E-state index in [9.17, 15) is 5.11 Å². The van der Waals surface area contributed by atoms with Crippen molar-refractivity contribution in [2.24, 2.45) is 0 Å². The van der Waals surface area contributed by atoms with E-state index >= 15 is 0 Å². The van der Waals surface area contributed by atoms with E-state index in [0.717, 1.165) is 13.0 Å². The molecule has 1 N–H and O–H groups in total. The number of halogens is 1. The number of hydrogen-bond donors (Lipinski definition) is 1. The van der Waals surface area contributed by atoms with E-state index in [1.165, 1.54) is 0 Å². The molecule has 1 unspecified atom stereocenters. The van der Waals surface area contributed by atoms with Gasteiger partial charge in [0.15, 0.2) is 0 Å². The summed E-state index contributed by atoms with van der Waals surface area (Å²) in [5.41, 5.74) is 0. The molecule has 0 fully saturated rings. The number of nitrogens with zero attached hydrogens (tertiary/aromatic N) is 2. The Hall–Kier alpha value is -1.52. The summed E-state index contributed by atoms with van der Waals surface area (Å²) in [5, 5.41) is 10.8. The van der Waals surface area contributed by atoms with E-state index in [-0.39, 0.29) is 6.61 Å². The molecule has 0 saturated carbocycles. The second-order valence-corrected chi connectivity index (χ2v) is 4.70. The smallest absolute Gasteiger partial charge is 0.146 e. The Kier molecular flexibility index (Phi) is 4.82. The van der Waals surface area contributed by atoms with Crippen LogP contribution in [0.2, 0.25) is 5.02 Å². The van der Waals surface area contributed by atoms with E-state index in [1.54, 1.807) is 30.5 Å². The Balaban J connectivity index is 1.95. The summed E-state index contributed by atoms with van der Waals surface area (Å²) < 4.78 is 7.46. The first-order valence-corrected chi connectivity index (χ1v) is 6.66. The number of aromatic nitrogens is 2. The van der Waals surface area contributed by atoms with Crippen molar-refractivity contribution in [3.05, 3.63) is 47.5 Å². The molecule has 102 valence electrons. The molecule has 19 heavy (non-hydrogen) atoms. The summed E-state index contributed by atoms with van der Waals surface area (Å²) in [6.45, 7) is 3.09. The molecule has 1 heterocycles. The van der Waals surface area contributed by atoms with Gasteiger partial charge in [-0.05, 0) is 30.7 Å². The maximum Gasteiger partial charge on any atom is 0.146 e. The highest BCUT2D eigenvalue weighted by Crippen LogP contribution is 2.18. The van der Waals surface area contributed by atoms with Crippen molar-refractivity contribution in [2.75, 3.05) is 6.61 Å². The summed E-state index contributed by atoms with van der Waals surface area (Å²) in [6, 6.07) is 7.05. The lowest BCUT2D eigenvalue weighted by Crippen LogP contribution is -2.15. The van der Waals surface area contributed by atoms with Crippen molar-refractivity contribution < 1.29 is 9.84 Å². The molecule has 0 aliphatic carbocycles. The Bertz CT molecular complexity index is 510. The molecule has 0 amide bonds. The van der Waals surface area contributed by atoms with Gasteiger partial charge in [-0.15, -0.1) is 0 Å². The maximum absolute atomic E-state index is 10.1. The van der Waals surface area contributed by atoms with E-state index in [1.807, 2.05) is 10.8 Å². The van der Waals surface area contributed by atoms with Gasteiger partial charge < -0.3 is 14.4 Å². The van der Waals surface area contributed by atoms with E-state index < -0.39 is 6.10 Å². The van der Waals surface area contributed by atoms with Gasteiger partial charge in [-0.2, -0.15) is 0 Å². The van der Waals surface area contributed by atoms with Crippen LogP contribution in [0.4, 0.5) is 0 Å². The van der Waals surface area contributed by atoms with Crippen LogP contribution in [0.15, 0.2) is 36.7 Å². The van der Waals surface area contributed by atoms with Crippen molar-refractivity contribution in [3.63, 3.8) is 0 Å². The lowest BCUT2D eigenvalue weighted by atomic mass is 10.3. The molecule has 0 aliphatic rings. The average molecular weight is 281 g/mol. The van der Waals surface area contributed by atoms with Gasteiger partial charge >= 0.3 is 0 Å². The van der Waals surface area contributed by atoms with Crippen molar-refractivity contribution in [1.82, 2.24) is 9.55 Å². The number of ether oxygens (including phenoxy) is 1. The third kappa shape index (κ3) is 3.72. The molecule has 1 atom stereocenters. The zero-order valence-corrected chi connectivity index (χ0v) is 11.5. The molecule has 0 aliphatic heterocycles. The highest BCUT2D eigenvalue weighted by molar-refractivity contribution is 6.30. The average Bonchev–Trinajstić information content (AvgIpc) is 2.86. The predicted octanol–water partition coefficient (Wildman–Crippen LogP) is 3.06. The van der Waals surface area contributed by atoms with Crippen molar-refractivity contribution >= 4 is 11.6 Å². The number of benzene rings is 1. The summed E-state index contributed by atoms with van der Waals surface area (Å²) in [5.74, 6) is 1.31. The van der Waals surface area contributed by atoms with Crippen LogP contribution in [-0.2, 0) is 6.54 Å². The minimum atomic E-state index is -0.739. The van der Waals surface area contributed by atoms with Crippen LogP contribution >= 0.6 is 11.6 Å². The van der Waals surface area contributed by atoms with Crippen LogP contribution in [0, 0.1) is 0 Å². The second kappa shape index (κ2) is 6.59. The molecule has 0 bridgehead atoms. The van der Waals surface area contributed by atoms with Gasteiger partial charge in [0.05, 0.1) is 0 Å². The minimum Gasteiger partial charge on any atom is -0.490 e. The molecule has 2 rings (SSSR count). The number of aliphatic hydroxyl groups is 1. The third-order valence-electron chi connectivity index (χ3n) is 2.73. The monoisotopic (exact) mass is 280 g/mol. The Morgan fingerprint density at radius 3 is 2.79 bits per heavy atom. The first kappa shape index (κ1) is 13.9. The number of hydrogen-bond acceptors (Lipinski definition) is 3. The van der Waals surface area contributed by atoms with Gasteiger partial charge in [0.2, 0.25) is 0 Å². The van der Waals surface area contributed by atoms with E-state index in [2.05, 4.69) is 11.9 Å². The lowest BCUT2D eigenvalue weighted by Gasteiger charge is -2.14. The maximum atomic E-state index is 10.1. The first-order valence-electron chi connectivity index (χ1n) is 6.28. The van der Waals surface area contributed by atoms with Crippen LogP contribution in [0.3, 0.4) is 0 Å². The van der Waals surface area contributed by atoms with Crippen LogP contribution in [0.1, 0.15) is 25.3 Å². The van der Waals surface area contributed by atoms with Crippen LogP contribution in [0.25, 0.3) is 0 Å². The van der Waals surface area contributed by atoms with Gasteiger partial charge in [-0.1, -0.05) is 18.5 Å². The summed E-state index contributed by atoms with van der Waals surface area (Å²) in [4.78, 5) is 4.17. The molecule has 1 aromatic carbocycles. The largest absolute Gasteiger partial charge is 0.490 e. The molecule has 0 radical (unpaired) electrons. The van der Waals surface area contributed by atoms with Crippen LogP contribution in [0.5, 0.6) is 5.75 Å². The molecule has 0 saturated heterocycles. The molecular formula is C14H17ClN2O2. The fourth-order valence-corrected chi connectivity index (χ4v) is 1.95. The Labute approximate surface area is 117 Å². The fraction of sp³-hybridized carbons (Fsp3) is 0.357. The van der Waals surface area contributed by atoms with Crippen LogP contribution in [-0.4, -0.2) is 21.3 Å². The standard InChI is InChI=1S/C14H17ClN2O2/c1-2-8-17-9-7-16-14(17)13(18)10-19-12-5-3-11(15)4-6-12/h3-7,9,13,18H,2,8,10H2,1H3. The van der Waals surface area contributed by atoms with Gasteiger partial charge in [-0.3, -0.25) is 0 Å². The van der Waals surface area contributed by atoms with Crippen molar-refractivity contribution in [1.29, 1.82) is 0 Å². The number of rotatable bonds is 6. The molecule has 0 spiro atoms. The summed E-state index contributed by atoms with van der Waals surface area (Å²) in [6.07, 6.45) is 3.81. The van der Waals surface area contributed by atoms with Gasteiger partial charge in [0.25, 0.3) is 0 Å². The zero-order chi connectivity index (χ0) is 13.7. The molecule has 2 aromatic rings. The lowest BCUT2D eigenvalue weighted by molar-refractivity contribution is 0.0974. The van der Waals surface area contributed by atoms with Crippen molar-refractivity contribution in [2.45, 2.75) is 26.0 Å². The van der Waals surface area contributed by atoms with E-state index in [4.69, 9.17) is 16.3 Å². The third-order valence-corrected chi connectivity index (χ3v) is 2.98. The first-order chi connectivity index (χ1) is 9.20. The van der Waals surface area contributed by atoms with Gasteiger partial charge in [-0.25, -0.2) is 4.98 Å². The SMILES string of the molecule is CCCn1ccnc1C(O)COc1ccc(Cl)cc1.